The van der Waals surface area contributed by atoms with Gasteiger partial charge in [0, 0.05) is 29.8 Å². The average molecular weight is 616 g/mol. The van der Waals surface area contributed by atoms with E-state index in [0.717, 1.165) is 9.47 Å². The number of aromatic nitrogens is 3. The smallest absolute Gasteiger partial charge is 0.355 e. The number of phenols is 1. The van der Waals surface area contributed by atoms with E-state index in [9.17, 15) is 37.1 Å². The van der Waals surface area contributed by atoms with Gasteiger partial charge in [0.25, 0.3) is 5.92 Å². The van der Waals surface area contributed by atoms with Gasteiger partial charge >= 0.3 is 11.4 Å². The van der Waals surface area contributed by atoms with Crippen LogP contribution in [0.25, 0.3) is 6.08 Å². The standard InChI is InChI=1S/C29H29F4N7O4/c1-14-4-18(20(31)7-19(14)30)11-39-26(37-27(43)40(28(39)44)10-16(3)34)36-23-6-17-5-15(2)21(35-22(17)8-24(23)41)9-25(42)38-12-29(32,33)13-38/h4-8,15,21,34,41H,9-13H2,1-3H3,(H,36,37,43). The van der Waals surface area contributed by atoms with Gasteiger partial charge < -0.3 is 20.7 Å². The van der Waals surface area contributed by atoms with Crippen molar-refractivity contribution in [3.63, 3.8) is 0 Å². The van der Waals surface area contributed by atoms with Crippen LogP contribution < -0.4 is 27.3 Å². The van der Waals surface area contributed by atoms with Crippen LogP contribution in [-0.2, 0) is 17.9 Å². The van der Waals surface area contributed by atoms with Crippen molar-refractivity contribution in [1.29, 1.82) is 5.41 Å². The summed E-state index contributed by atoms with van der Waals surface area (Å²) in [5, 5.41) is 22.2. The molecule has 15 heteroatoms. The van der Waals surface area contributed by atoms with Gasteiger partial charge in [-0.15, -0.1) is 0 Å². The predicted molar refractivity (Wildman–Crippen MR) is 152 cm³/mol. The second kappa shape index (κ2) is 11.4. The summed E-state index contributed by atoms with van der Waals surface area (Å²) in [6.07, 6.45) is 1.70. The van der Waals surface area contributed by atoms with Crippen LogP contribution in [0, 0.1) is 29.9 Å². The van der Waals surface area contributed by atoms with Gasteiger partial charge in [-0.05, 0) is 42.7 Å². The molecule has 1 fully saturated rings. The zero-order valence-corrected chi connectivity index (χ0v) is 24.0. The maximum absolute atomic E-state index is 14.7. The lowest BCUT2D eigenvalue weighted by atomic mass is 9.94. The van der Waals surface area contributed by atoms with Crippen molar-refractivity contribution in [2.75, 3.05) is 18.4 Å². The molecule has 2 aromatic carbocycles. The topological polar surface area (TPSA) is 146 Å². The van der Waals surface area contributed by atoms with E-state index in [-0.39, 0.29) is 53.1 Å². The number of carbonyl (C=O) groups is 1. The highest BCUT2D eigenvalue weighted by Crippen LogP contribution is 2.29. The maximum Gasteiger partial charge on any atom is 0.355 e. The summed E-state index contributed by atoms with van der Waals surface area (Å²) < 4.78 is 56.6. The number of rotatable bonds is 8. The van der Waals surface area contributed by atoms with Crippen molar-refractivity contribution >= 4 is 29.3 Å². The second-order valence-corrected chi connectivity index (χ2v) is 11.2. The van der Waals surface area contributed by atoms with Crippen molar-refractivity contribution in [1.82, 2.24) is 19.0 Å². The molecule has 11 nitrogen and oxygen atoms in total. The molecular formula is C29H29F4N7O4. The maximum atomic E-state index is 14.7. The van der Waals surface area contributed by atoms with Gasteiger partial charge in [0.2, 0.25) is 11.9 Å². The van der Waals surface area contributed by atoms with E-state index in [4.69, 9.17) is 5.41 Å². The molecule has 0 aliphatic carbocycles. The van der Waals surface area contributed by atoms with Crippen molar-refractivity contribution in [2.45, 2.75) is 52.2 Å². The monoisotopic (exact) mass is 615 g/mol. The number of aryl methyl sites for hydroxylation is 1. The first-order valence-corrected chi connectivity index (χ1v) is 13.7. The Balaban J connectivity index is 1.50. The second-order valence-electron chi connectivity index (χ2n) is 11.2. The Labute approximate surface area is 247 Å². The van der Waals surface area contributed by atoms with Crippen LogP contribution in [0.4, 0.5) is 29.2 Å². The SMILES string of the molecule is CC(=N)Cn1c(=O)nc(Nc2cc3c(cc2O)=NC(CC(=O)N2CC(F)(F)C2)C(C)C=3)n(Cc2cc(C)c(F)cc2F)c1=O. The summed E-state index contributed by atoms with van der Waals surface area (Å²) in [7, 11) is 0. The van der Waals surface area contributed by atoms with Crippen LogP contribution in [0.2, 0.25) is 0 Å². The number of anilines is 2. The van der Waals surface area contributed by atoms with E-state index < -0.39 is 60.5 Å². The van der Waals surface area contributed by atoms with Crippen LogP contribution in [-0.4, -0.2) is 60.8 Å². The molecule has 0 saturated carbocycles. The number of halogens is 4. The molecule has 1 amide bonds. The lowest BCUT2D eigenvalue weighted by Crippen LogP contribution is -2.59. The minimum Gasteiger partial charge on any atom is -0.506 e. The van der Waals surface area contributed by atoms with E-state index in [0.29, 0.717) is 21.2 Å². The summed E-state index contributed by atoms with van der Waals surface area (Å²) in [4.78, 5) is 48.2. The number of alkyl halides is 2. The molecule has 1 saturated heterocycles. The summed E-state index contributed by atoms with van der Waals surface area (Å²) in [5.74, 6) is -6.00. The van der Waals surface area contributed by atoms with Crippen molar-refractivity contribution in [2.24, 2.45) is 10.9 Å². The van der Waals surface area contributed by atoms with Gasteiger partial charge in [-0.25, -0.2) is 31.7 Å². The number of nitrogens with one attached hydrogen (secondary N) is 2. The van der Waals surface area contributed by atoms with E-state index in [1.165, 1.54) is 32.0 Å². The zero-order chi connectivity index (χ0) is 32.1. The number of carbonyl (C=O) groups excluding carboxylic acids is 1. The first kappa shape index (κ1) is 30.6. The number of phenolic OH excluding ortho intramolecular Hbond substituents is 1. The Hall–Kier alpha value is -4.82. The van der Waals surface area contributed by atoms with Crippen molar-refractivity contribution in [3.05, 3.63) is 78.6 Å². The fourth-order valence-electron chi connectivity index (χ4n) is 5.13. The van der Waals surface area contributed by atoms with E-state index in [1.807, 2.05) is 0 Å². The van der Waals surface area contributed by atoms with Gasteiger partial charge in [-0.1, -0.05) is 13.0 Å². The molecule has 232 valence electrons. The number of hydrogen-bond donors (Lipinski definition) is 3. The van der Waals surface area contributed by atoms with E-state index in [1.54, 1.807) is 13.0 Å². The minimum atomic E-state index is -2.88. The van der Waals surface area contributed by atoms with Crippen LogP contribution in [0.5, 0.6) is 5.75 Å². The highest BCUT2D eigenvalue weighted by atomic mass is 19.3. The minimum absolute atomic E-state index is 0.00868. The van der Waals surface area contributed by atoms with Gasteiger partial charge in [0.15, 0.2) is 0 Å². The third-order valence-electron chi connectivity index (χ3n) is 7.53. The number of amides is 1. The highest BCUT2D eigenvalue weighted by Gasteiger charge is 2.46. The Morgan fingerprint density at radius 2 is 1.84 bits per heavy atom. The molecule has 2 aliphatic rings. The first-order chi connectivity index (χ1) is 20.6. The molecule has 0 spiro atoms. The molecule has 0 bridgehead atoms. The number of benzene rings is 2. The molecule has 5 rings (SSSR count). The van der Waals surface area contributed by atoms with Gasteiger partial charge in [0.1, 0.15) is 17.4 Å². The summed E-state index contributed by atoms with van der Waals surface area (Å²) in [5.41, 5.74) is -1.83. The Kier molecular flexibility index (Phi) is 7.90. The normalized spacial score (nSPS) is 18.5. The Bertz CT molecular complexity index is 1930. The largest absolute Gasteiger partial charge is 0.506 e. The lowest BCUT2D eigenvalue weighted by molar-refractivity contribution is -0.166. The lowest BCUT2D eigenvalue weighted by Gasteiger charge is -2.39. The average Bonchev–Trinajstić information content (AvgIpc) is 2.91. The summed E-state index contributed by atoms with van der Waals surface area (Å²) in [6.45, 7) is 2.55. The molecule has 1 aromatic heterocycles. The zero-order valence-electron chi connectivity index (χ0n) is 24.0. The summed E-state index contributed by atoms with van der Waals surface area (Å²) >= 11 is 0. The van der Waals surface area contributed by atoms with Gasteiger partial charge in [-0.2, -0.15) is 4.98 Å². The Morgan fingerprint density at radius 1 is 1.14 bits per heavy atom. The quantitative estimate of drug-likeness (QED) is 0.200. The molecule has 2 unspecified atom stereocenters. The van der Waals surface area contributed by atoms with E-state index >= 15 is 0 Å². The molecule has 3 aromatic rings. The molecule has 0 radical (unpaired) electrons. The third-order valence-corrected chi connectivity index (χ3v) is 7.53. The Morgan fingerprint density at radius 3 is 2.50 bits per heavy atom. The summed E-state index contributed by atoms with van der Waals surface area (Å²) in [6, 6.07) is 4.16. The fourth-order valence-corrected chi connectivity index (χ4v) is 5.13. The number of aromatic hydroxyl groups is 1. The first-order valence-electron chi connectivity index (χ1n) is 13.7. The highest BCUT2D eigenvalue weighted by molar-refractivity contribution is 5.78. The molecule has 44 heavy (non-hydrogen) atoms. The van der Waals surface area contributed by atoms with Crippen LogP contribution in [0.1, 0.15) is 31.4 Å². The predicted octanol–water partition coefficient (Wildman–Crippen LogP) is 1.81. The van der Waals surface area contributed by atoms with Gasteiger partial charge in [-0.3, -0.25) is 14.4 Å². The molecule has 2 atom stereocenters. The number of nitrogens with zero attached hydrogens (tertiary/aromatic N) is 5. The van der Waals surface area contributed by atoms with Crippen molar-refractivity contribution in [3.8, 4) is 5.75 Å². The van der Waals surface area contributed by atoms with E-state index in [2.05, 4.69) is 15.3 Å². The molecule has 3 heterocycles. The third kappa shape index (κ3) is 6.12. The number of hydrogen-bond acceptors (Lipinski definition) is 8. The molecule has 3 N–H and O–H groups in total. The van der Waals surface area contributed by atoms with Crippen LogP contribution in [0.3, 0.4) is 0 Å². The van der Waals surface area contributed by atoms with Crippen LogP contribution >= 0.6 is 0 Å². The molecular weight excluding hydrogens is 586 g/mol. The number of fused-ring (bicyclic) bond motifs is 1. The van der Waals surface area contributed by atoms with Gasteiger partial charge in [0.05, 0.1) is 43.3 Å². The number of likely N-dealkylation sites (tertiary alicyclic amines) is 1. The fraction of sp³-hybridized carbons (Fsp3) is 0.379. The van der Waals surface area contributed by atoms with Crippen LogP contribution in [0.15, 0.2) is 38.8 Å². The molecule has 2 aliphatic heterocycles. The van der Waals surface area contributed by atoms with Crippen molar-refractivity contribution < 1.29 is 27.5 Å².